The smallest absolute Gasteiger partial charge is 0.422 e. The van der Waals surface area contributed by atoms with E-state index in [0.29, 0.717) is 9.37 Å². The number of nitrogens with one attached hydrogen (secondary N) is 1. The fraction of sp³-hybridized carbons (Fsp3) is 0.200. The fourth-order valence-corrected chi connectivity index (χ4v) is 2.62. The van der Waals surface area contributed by atoms with Crippen LogP contribution in [0.2, 0.25) is 0 Å². The minimum Gasteiger partial charge on any atom is -0.467 e. The van der Waals surface area contributed by atoms with E-state index < -0.39 is 29.5 Å². The Morgan fingerprint density at radius 1 is 1.32 bits per heavy atom. The van der Waals surface area contributed by atoms with Gasteiger partial charge < -0.3 is 10.1 Å². The van der Waals surface area contributed by atoms with Crippen molar-refractivity contribution >= 4 is 38.3 Å². The van der Waals surface area contributed by atoms with Crippen LogP contribution in [-0.4, -0.2) is 34.1 Å². The van der Waals surface area contributed by atoms with Crippen LogP contribution in [0.1, 0.15) is 10.4 Å². The van der Waals surface area contributed by atoms with Crippen molar-refractivity contribution in [3.8, 4) is 5.88 Å². The predicted octanol–water partition coefficient (Wildman–Crippen LogP) is 3.77. The van der Waals surface area contributed by atoms with Crippen molar-refractivity contribution in [2.45, 2.75) is 11.1 Å². The molecule has 1 aromatic heterocycles. The first-order chi connectivity index (χ1) is 11.7. The minimum absolute atomic E-state index is 0.00762. The van der Waals surface area contributed by atoms with Gasteiger partial charge in [0, 0.05) is 38.2 Å². The van der Waals surface area contributed by atoms with Crippen LogP contribution >= 0.6 is 15.9 Å². The molecule has 1 N–H and O–H groups in total. The summed E-state index contributed by atoms with van der Waals surface area (Å²) < 4.78 is 53.4. The molecule has 0 aliphatic heterocycles. The zero-order valence-electron chi connectivity index (χ0n) is 12.8. The fourth-order valence-electron chi connectivity index (χ4n) is 1.77. The first-order valence-corrected chi connectivity index (χ1v) is 9.11. The Hall–Kier alpha value is -1.94. The van der Waals surface area contributed by atoms with Gasteiger partial charge >= 0.3 is 6.18 Å². The van der Waals surface area contributed by atoms with E-state index in [1.807, 2.05) is 0 Å². The lowest BCUT2D eigenvalue weighted by molar-refractivity contribution is -0.153. The summed E-state index contributed by atoms with van der Waals surface area (Å²) in [6.07, 6.45) is -1.76. The van der Waals surface area contributed by atoms with Crippen LogP contribution in [0.15, 0.2) is 45.9 Å². The summed E-state index contributed by atoms with van der Waals surface area (Å²) in [7, 11) is -1.18. The molecule has 1 aromatic carbocycles. The number of aromatic nitrogens is 1. The van der Waals surface area contributed by atoms with Crippen molar-refractivity contribution < 1.29 is 26.9 Å². The van der Waals surface area contributed by atoms with Crippen LogP contribution in [0.5, 0.6) is 5.88 Å². The molecule has 0 radical (unpaired) electrons. The van der Waals surface area contributed by atoms with Gasteiger partial charge in [-0.25, -0.2) is 4.98 Å². The summed E-state index contributed by atoms with van der Waals surface area (Å²) in [5.74, 6) is -0.912. The molecule has 1 amide bonds. The Balaban J connectivity index is 2.19. The molecule has 0 saturated heterocycles. The highest BCUT2D eigenvalue weighted by atomic mass is 79.9. The van der Waals surface area contributed by atoms with E-state index in [9.17, 15) is 22.2 Å². The number of carbonyl (C=O) groups is 1. The number of pyridine rings is 1. The summed E-state index contributed by atoms with van der Waals surface area (Å²) in [6, 6.07) is 7.38. The van der Waals surface area contributed by atoms with E-state index in [-0.39, 0.29) is 17.1 Å². The normalized spacial score (nSPS) is 12.5. The average molecular weight is 437 g/mol. The van der Waals surface area contributed by atoms with Gasteiger partial charge in [-0.05, 0) is 46.3 Å². The Kier molecular flexibility index (Phi) is 6.17. The van der Waals surface area contributed by atoms with E-state index in [1.54, 1.807) is 0 Å². The molecule has 134 valence electrons. The Morgan fingerprint density at radius 2 is 1.96 bits per heavy atom. The number of amides is 1. The molecule has 0 bridgehead atoms. The highest BCUT2D eigenvalue weighted by Gasteiger charge is 2.29. The van der Waals surface area contributed by atoms with Crippen molar-refractivity contribution in [3.63, 3.8) is 0 Å². The molecule has 0 saturated carbocycles. The van der Waals surface area contributed by atoms with Crippen LogP contribution in [0.25, 0.3) is 0 Å². The Labute approximate surface area is 152 Å². The molecule has 0 fully saturated rings. The largest absolute Gasteiger partial charge is 0.467 e. The van der Waals surface area contributed by atoms with Gasteiger partial charge in [0.05, 0.1) is 0 Å². The lowest BCUT2D eigenvalue weighted by Crippen LogP contribution is -2.21. The molecular formula is C15H12BrF3N2O3S. The van der Waals surface area contributed by atoms with E-state index in [1.165, 1.54) is 42.8 Å². The molecule has 1 heterocycles. The van der Waals surface area contributed by atoms with Crippen molar-refractivity contribution in [2.75, 3.05) is 18.2 Å². The van der Waals surface area contributed by atoms with Crippen molar-refractivity contribution in [2.24, 2.45) is 0 Å². The van der Waals surface area contributed by atoms with E-state index in [0.717, 1.165) is 0 Å². The highest BCUT2D eigenvalue weighted by molar-refractivity contribution is 9.10. The van der Waals surface area contributed by atoms with Gasteiger partial charge in [-0.2, -0.15) is 13.2 Å². The maximum atomic E-state index is 12.3. The third-order valence-corrected chi connectivity index (χ3v) is 4.26. The number of nitrogens with zero attached hydrogens (tertiary/aromatic N) is 1. The van der Waals surface area contributed by atoms with Gasteiger partial charge in [0.1, 0.15) is 5.69 Å². The maximum Gasteiger partial charge on any atom is 0.422 e. The van der Waals surface area contributed by atoms with E-state index >= 15 is 0 Å². The summed E-state index contributed by atoms with van der Waals surface area (Å²) in [4.78, 5) is 16.5. The standard InChI is InChI=1S/C15H12BrF3N2O3S/c1-25(23)11-4-2-9(3-5-11)13(22)21-12-6-10(16)7-20-14(12)24-8-15(17,18)19/h2-7H,8H2,1H3,(H,21,22)/t25-/m0/s1. The van der Waals surface area contributed by atoms with E-state index in [4.69, 9.17) is 0 Å². The summed E-state index contributed by atoms with van der Waals surface area (Å²) in [6.45, 7) is -1.53. The number of halogens is 4. The lowest BCUT2D eigenvalue weighted by atomic mass is 10.2. The van der Waals surface area contributed by atoms with Crippen molar-refractivity contribution in [3.05, 3.63) is 46.6 Å². The molecule has 5 nitrogen and oxygen atoms in total. The number of ether oxygens (including phenoxy) is 1. The molecule has 0 aliphatic rings. The van der Waals surface area contributed by atoms with Crippen LogP contribution in [0.4, 0.5) is 18.9 Å². The Bertz CT molecular complexity index is 798. The third-order valence-electron chi connectivity index (χ3n) is 2.89. The SMILES string of the molecule is C[S@](=O)c1ccc(C(=O)Nc2cc(Br)cnc2OCC(F)(F)F)cc1. The summed E-state index contributed by atoms with van der Waals surface area (Å²) in [5.41, 5.74) is 0.239. The van der Waals surface area contributed by atoms with Crippen LogP contribution < -0.4 is 10.1 Å². The minimum atomic E-state index is -4.53. The first-order valence-electron chi connectivity index (χ1n) is 6.75. The molecule has 2 aromatic rings. The molecule has 10 heteroatoms. The zero-order chi connectivity index (χ0) is 18.6. The second kappa shape index (κ2) is 7.96. The maximum absolute atomic E-state index is 12.3. The van der Waals surface area contributed by atoms with Crippen LogP contribution in [0, 0.1) is 0 Å². The quantitative estimate of drug-likeness (QED) is 0.774. The number of hydrogen-bond acceptors (Lipinski definition) is 4. The number of benzene rings is 1. The number of alkyl halides is 3. The second-order valence-electron chi connectivity index (χ2n) is 4.84. The topological polar surface area (TPSA) is 68.3 Å². The molecule has 0 aliphatic carbocycles. The van der Waals surface area contributed by atoms with Gasteiger partial charge in [0.2, 0.25) is 5.88 Å². The van der Waals surface area contributed by atoms with Gasteiger partial charge in [0.25, 0.3) is 5.91 Å². The zero-order valence-corrected chi connectivity index (χ0v) is 15.2. The average Bonchev–Trinajstić information content (AvgIpc) is 2.53. The second-order valence-corrected chi connectivity index (χ2v) is 7.14. The predicted molar refractivity (Wildman–Crippen MR) is 90.2 cm³/mol. The summed E-state index contributed by atoms with van der Waals surface area (Å²) >= 11 is 3.13. The van der Waals surface area contributed by atoms with Gasteiger partial charge in [-0.1, -0.05) is 0 Å². The molecule has 0 unspecified atom stereocenters. The monoisotopic (exact) mass is 436 g/mol. The van der Waals surface area contributed by atoms with Gasteiger partial charge in [-0.15, -0.1) is 0 Å². The summed E-state index contributed by atoms with van der Waals surface area (Å²) in [5, 5.41) is 2.45. The third kappa shape index (κ3) is 5.82. The van der Waals surface area contributed by atoms with Crippen LogP contribution in [0.3, 0.4) is 0 Å². The van der Waals surface area contributed by atoms with Gasteiger partial charge in [0.15, 0.2) is 6.61 Å². The molecular weight excluding hydrogens is 425 g/mol. The van der Waals surface area contributed by atoms with Crippen LogP contribution in [-0.2, 0) is 10.8 Å². The first kappa shape index (κ1) is 19.4. The van der Waals surface area contributed by atoms with Gasteiger partial charge in [-0.3, -0.25) is 9.00 Å². The van der Waals surface area contributed by atoms with E-state index in [2.05, 4.69) is 31.0 Å². The van der Waals surface area contributed by atoms with Crippen molar-refractivity contribution in [1.29, 1.82) is 0 Å². The Morgan fingerprint density at radius 3 is 2.52 bits per heavy atom. The molecule has 25 heavy (non-hydrogen) atoms. The molecule has 2 rings (SSSR count). The number of rotatable bonds is 5. The lowest BCUT2D eigenvalue weighted by Gasteiger charge is -2.13. The molecule has 1 atom stereocenters. The highest BCUT2D eigenvalue weighted by Crippen LogP contribution is 2.27. The molecule has 0 spiro atoms. The van der Waals surface area contributed by atoms with Crippen molar-refractivity contribution in [1.82, 2.24) is 4.98 Å². The number of anilines is 1. The number of carbonyl (C=O) groups excluding carboxylic acids is 1. The number of hydrogen-bond donors (Lipinski definition) is 1.